The van der Waals surface area contributed by atoms with E-state index in [9.17, 15) is 23.1 Å². The van der Waals surface area contributed by atoms with Gasteiger partial charge in [0.05, 0.1) is 6.61 Å². The number of ether oxygens (including phenoxy) is 1. The first-order chi connectivity index (χ1) is 13.3. The van der Waals surface area contributed by atoms with Crippen LogP contribution in [0.1, 0.15) is 31.4 Å². The van der Waals surface area contributed by atoms with Crippen LogP contribution in [0.2, 0.25) is 0 Å². The molecule has 0 aliphatic heterocycles. The Labute approximate surface area is 174 Å². The van der Waals surface area contributed by atoms with Crippen LogP contribution in [-0.4, -0.2) is 47.1 Å². The second-order valence-corrected chi connectivity index (χ2v) is 8.90. The number of rotatable bonds is 7. The number of carbonyl (C=O) groups excluding carboxylic acids is 1. The van der Waals surface area contributed by atoms with E-state index in [1.54, 1.807) is 25.1 Å². The van der Waals surface area contributed by atoms with Crippen molar-refractivity contribution in [1.82, 2.24) is 19.1 Å². The average molecular weight is 522 g/mol. The maximum atomic E-state index is 12.8. The highest BCUT2D eigenvalue weighted by Gasteiger charge is 2.33. The van der Waals surface area contributed by atoms with Crippen LogP contribution in [0.5, 0.6) is 6.01 Å². The molecule has 2 N–H and O–H groups in total. The molecule has 1 fully saturated rings. The molecular formula is C16H19IN4O6S. The van der Waals surface area contributed by atoms with Gasteiger partial charge in [0.2, 0.25) is 0 Å². The quantitative estimate of drug-likeness (QED) is 0.516. The maximum Gasteiger partial charge on any atom is 0.360 e. The van der Waals surface area contributed by atoms with Crippen molar-refractivity contribution in [3.05, 3.63) is 37.8 Å². The number of sulfonamides is 1. The molecule has 2 aromatic rings. The standard InChI is InChI=1S/C16H19IN4O6S/c1-2-27-15-18-21(16(24)20(15)11-6-7-11)14(23)19-28(25,26)13-10(8-9-22)4-3-5-12(13)17/h3-5,11,22H,2,6-9H2,1H3,(H,19,23). The predicted octanol–water partition coefficient (Wildman–Crippen LogP) is 0.864. The first-order valence-corrected chi connectivity index (χ1v) is 11.2. The summed E-state index contributed by atoms with van der Waals surface area (Å²) in [7, 11) is -4.30. The van der Waals surface area contributed by atoms with E-state index in [-0.39, 0.29) is 36.6 Å². The summed E-state index contributed by atoms with van der Waals surface area (Å²) in [5.41, 5.74) is -0.391. The number of aromatic nitrogens is 3. The smallest absolute Gasteiger partial charge is 0.360 e. The summed E-state index contributed by atoms with van der Waals surface area (Å²) in [4.78, 5) is 25.0. The zero-order chi connectivity index (χ0) is 20.5. The molecule has 10 nitrogen and oxygen atoms in total. The van der Waals surface area contributed by atoms with E-state index in [0.29, 0.717) is 13.8 Å². The van der Waals surface area contributed by atoms with Crippen molar-refractivity contribution in [2.45, 2.75) is 37.1 Å². The van der Waals surface area contributed by atoms with E-state index in [2.05, 4.69) is 5.10 Å². The molecule has 1 aliphatic rings. The zero-order valence-electron chi connectivity index (χ0n) is 15.0. The molecule has 0 bridgehead atoms. The molecule has 0 radical (unpaired) electrons. The van der Waals surface area contributed by atoms with Gasteiger partial charge in [0.1, 0.15) is 4.90 Å². The predicted molar refractivity (Wildman–Crippen MR) is 107 cm³/mol. The SMILES string of the molecule is CCOc1nn(C(=O)NS(=O)(=O)c2c(I)cccc2CCO)c(=O)n1C1CC1. The van der Waals surface area contributed by atoms with E-state index < -0.39 is 21.7 Å². The lowest BCUT2D eigenvalue weighted by Gasteiger charge is -2.12. The highest BCUT2D eigenvalue weighted by atomic mass is 127. The Morgan fingerprint density at radius 3 is 2.75 bits per heavy atom. The van der Waals surface area contributed by atoms with Gasteiger partial charge in [-0.25, -0.2) is 27.3 Å². The number of amides is 1. The maximum absolute atomic E-state index is 12.8. The van der Waals surface area contributed by atoms with Crippen LogP contribution >= 0.6 is 22.6 Å². The molecule has 3 rings (SSSR count). The minimum absolute atomic E-state index is 0.0159. The number of aliphatic hydroxyl groups excluding tert-OH is 1. The largest absolute Gasteiger partial charge is 0.464 e. The Bertz CT molecular complexity index is 1060. The van der Waals surface area contributed by atoms with Crippen molar-refractivity contribution >= 4 is 38.6 Å². The van der Waals surface area contributed by atoms with Gasteiger partial charge in [-0.15, -0.1) is 9.78 Å². The van der Waals surface area contributed by atoms with Crippen LogP contribution in [0, 0.1) is 3.57 Å². The Hall–Kier alpha value is -1.93. The van der Waals surface area contributed by atoms with E-state index >= 15 is 0 Å². The van der Waals surface area contributed by atoms with Crippen molar-refractivity contribution in [3.63, 3.8) is 0 Å². The lowest BCUT2D eigenvalue weighted by molar-refractivity contribution is 0.242. The number of benzene rings is 1. The third-order valence-corrected chi connectivity index (χ3v) is 6.80. The van der Waals surface area contributed by atoms with Crippen molar-refractivity contribution in [3.8, 4) is 6.01 Å². The molecule has 0 saturated heterocycles. The monoisotopic (exact) mass is 522 g/mol. The van der Waals surface area contributed by atoms with Crippen LogP contribution in [0.3, 0.4) is 0 Å². The summed E-state index contributed by atoms with van der Waals surface area (Å²) in [6, 6.07) is 3.47. The highest BCUT2D eigenvalue weighted by Crippen LogP contribution is 2.36. The normalized spacial score (nSPS) is 14.1. The van der Waals surface area contributed by atoms with Gasteiger partial charge in [-0.05, 0) is 60.4 Å². The number of hydrogen-bond acceptors (Lipinski definition) is 7. The van der Waals surface area contributed by atoms with Gasteiger partial charge in [-0.1, -0.05) is 12.1 Å². The first kappa shape index (κ1) is 20.8. The number of hydrogen-bond donors (Lipinski definition) is 2. The molecule has 28 heavy (non-hydrogen) atoms. The van der Waals surface area contributed by atoms with Gasteiger partial charge in [0, 0.05) is 16.2 Å². The molecular weight excluding hydrogens is 503 g/mol. The minimum Gasteiger partial charge on any atom is -0.464 e. The molecule has 1 aromatic heterocycles. The van der Waals surface area contributed by atoms with Gasteiger partial charge in [0.25, 0.3) is 10.0 Å². The van der Waals surface area contributed by atoms with Crippen LogP contribution in [0.4, 0.5) is 4.79 Å². The van der Waals surface area contributed by atoms with Crippen LogP contribution in [0.25, 0.3) is 0 Å². The highest BCUT2D eigenvalue weighted by molar-refractivity contribution is 14.1. The third-order valence-electron chi connectivity index (χ3n) is 4.08. The molecule has 1 aromatic carbocycles. The average Bonchev–Trinajstić information content (AvgIpc) is 3.39. The van der Waals surface area contributed by atoms with Gasteiger partial charge < -0.3 is 9.84 Å². The summed E-state index contributed by atoms with van der Waals surface area (Å²) in [6.07, 6.45) is 1.63. The van der Waals surface area contributed by atoms with Gasteiger partial charge in [-0.3, -0.25) is 0 Å². The third kappa shape index (κ3) is 4.07. The Morgan fingerprint density at radius 2 is 2.14 bits per heavy atom. The number of carbonyl (C=O) groups is 1. The van der Waals surface area contributed by atoms with Gasteiger partial charge >= 0.3 is 17.7 Å². The minimum atomic E-state index is -4.30. The molecule has 0 spiro atoms. The number of nitrogens with one attached hydrogen (secondary N) is 1. The topological polar surface area (TPSA) is 133 Å². The molecule has 1 heterocycles. The second-order valence-electron chi connectivity index (χ2n) is 6.12. The first-order valence-electron chi connectivity index (χ1n) is 8.60. The van der Waals surface area contributed by atoms with E-state index in [0.717, 1.165) is 12.8 Å². The van der Waals surface area contributed by atoms with E-state index in [1.165, 1.54) is 4.57 Å². The molecule has 1 amide bonds. The van der Waals surface area contributed by atoms with Crippen molar-refractivity contribution in [2.24, 2.45) is 0 Å². The van der Waals surface area contributed by atoms with E-state index in [4.69, 9.17) is 4.74 Å². The molecule has 0 unspecified atom stereocenters. The lowest BCUT2D eigenvalue weighted by atomic mass is 10.2. The van der Waals surface area contributed by atoms with Crippen LogP contribution in [0.15, 0.2) is 27.9 Å². The Kier molecular flexibility index (Phi) is 6.09. The summed E-state index contributed by atoms with van der Waals surface area (Å²) >= 11 is 1.84. The Morgan fingerprint density at radius 1 is 1.43 bits per heavy atom. The summed E-state index contributed by atoms with van der Waals surface area (Å²) in [6.45, 7) is 1.71. The van der Waals surface area contributed by atoms with Crippen molar-refractivity contribution < 1.29 is 23.1 Å². The molecule has 1 aliphatic carbocycles. The number of aliphatic hydroxyl groups is 1. The summed E-state index contributed by atoms with van der Waals surface area (Å²) in [5, 5.41) is 13.0. The lowest BCUT2D eigenvalue weighted by Crippen LogP contribution is -2.41. The summed E-state index contributed by atoms with van der Waals surface area (Å²) < 4.78 is 34.9. The van der Waals surface area contributed by atoms with Gasteiger partial charge in [-0.2, -0.15) is 0 Å². The van der Waals surface area contributed by atoms with Crippen molar-refractivity contribution in [1.29, 1.82) is 0 Å². The van der Waals surface area contributed by atoms with E-state index in [1.807, 2.05) is 27.3 Å². The Balaban J connectivity index is 1.95. The molecule has 0 atom stereocenters. The fourth-order valence-corrected chi connectivity index (χ4v) is 5.43. The van der Waals surface area contributed by atoms with Crippen molar-refractivity contribution in [2.75, 3.05) is 13.2 Å². The molecule has 12 heteroatoms. The summed E-state index contributed by atoms with van der Waals surface area (Å²) in [5.74, 6) is 0. The molecule has 152 valence electrons. The second kappa shape index (κ2) is 8.21. The number of nitrogens with zero attached hydrogens (tertiary/aromatic N) is 3. The zero-order valence-corrected chi connectivity index (χ0v) is 17.9. The molecule has 1 saturated carbocycles. The number of halogens is 1. The van der Waals surface area contributed by atoms with Crippen LogP contribution < -0.4 is 15.1 Å². The van der Waals surface area contributed by atoms with Crippen LogP contribution in [-0.2, 0) is 16.4 Å². The fourth-order valence-electron chi connectivity index (χ4n) is 2.75. The fraction of sp³-hybridized carbons (Fsp3) is 0.438. The van der Waals surface area contributed by atoms with Gasteiger partial charge in [0.15, 0.2) is 0 Å².